The molecule has 2 aromatic carbocycles. The van der Waals surface area contributed by atoms with Crippen molar-refractivity contribution in [1.29, 1.82) is 0 Å². The molecule has 3 aromatic rings. The van der Waals surface area contributed by atoms with Crippen LogP contribution < -0.4 is 9.54 Å². The Kier molecular flexibility index (Phi) is 7.97. The third-order valence-electron chi connectivity index (χ3n) is 4.69. The minimum atomic E-state index is -0.408. The van der Waals surface area contributed by atoms with Crippen LogP contribution in [-0.4, -0.2) is 43.9 Å². The summed E-state index contributed by atoms with van der Waals surface area (Å²) in [7, 11) is 2.97. The fourth-order valence-electron chi connectivity index (χ4n) is 2.98. The highest BCUT2D eigenvalue weighted by atomic mass is 32.1. The molecule has 0 atom stereocenters. The normalized spacial score (nSPS) is 11.6. The molecule has 31 heavy (non-hydrogen) atoms. The van der Waals surface area contributed by atoms with Crippen LogP contribution in [0.15, 0.2) is 47.5 Å². The van der Waals surface area contributed by atoms with Gasteiger partial charge in [-0.05, 0) is 48.9 Å². The number of unbranched alkanes of at least 4 members (excludes halogenated alkanes) is 1. The van der Waals surface area contributed by atoms with Crippen molar-refractivity contribution in [1.82, 2.24) is 4.57 Å². The second-order valence-electron chi connectivity index (χ2n) is 6.85. The molecule has 164 valence electrons. The standard InChI is InChI=1S/C23H26N2O5S/c1-4-5-13-30-18-9-6-16(7-10-18)21(26)24-23-25(12-14-28-2)19-11-8-17(22(27)29-3)15-20(19)31-23/h6-11,15H,4-5,12-14H2,1-3H3. The van der Waals surface area contributed by atoms with Gasteiger partial charge in [0.05, 0.1) is 36.1 Å². The molecular formula is C23H26N2O5S. The van der Waals surface area contributed by atoms with Crippen molar-refractivity contribution in [2.75, 3.05) is 27.4 Å². The molecule has 0 saturated carbocycles. The van der Waals surface area contributed by atoms with Crippen molar-refractivity contribution in [3.8, 4) is 5.75 Å². The van der Waals surface area contributed by atoms with E-state index in [-0.39, 0.29) is 5.91 Å². The van der Waals surface area contributed by atoms with E-state index in [9.17, 15) is 9.59 Å². The molecule has 1 heterocycles. The largest absolute Gasteiger partial charge is 0.494 e. The quantitative estimate of drug-likeness (QED) is 0.369. The van der Waals surface area contributed by atoms with Crippen LogP contribution in [0.25, 0.3) is 10.2 Å². The highest BCUT2D eigenvalue weighted by Gasteiger charge is 2.13. The van der Waals surface area contributed by atoms with Gasteiger partial charge in [0.15, 0.2) is 4.80 Å². The molecule has 1 aromatic heterocycles. The van der Waals surface area contributed by atoms with Crippen LogP contribution in [0.2, 0.25) is 0 Å². The number of carbonyl (C=O) groups excluding carboxylic acids is 2. The molecule has 0 bridgehead atoms. The zero-order chi connectivity index (χ0) is 22.2. The average molecular weight is 443 g/mol. The zero-order valence-corrected chi connectivity index (χ0v) is 18.7. The molecule has 0 aliphatic rings. The van der Waals surface area contributed by atoms with E-state index in [0.717, 1.165) is 28.8 Å². The third kappa shape index (κ3) is 5.59. The fourth-order valence-corrected chi connectivity index (χ4v) is 4.08. The number of thiazole rings is 1. The first kappa shape index (κ1) is 22.7. The second kappa shape index (κ2) is 10.9. The Morgan fingerprint density at radius 3 is 2.45 bits per heavy atom. The Morgan fingerprint density at radius 2 is 1.77 bits per heavy atom. The van der Waals surface area contributed by atoms with Gasteiger partial charge in [0, 0.05) is 19.2 Å². The predicted molar refractivity (Wildman–Crippen MR) is 120 cm³/mol. The molecule has 0 N–H and O–H groups in total. The van der Waals surface area contributed by atoms with Crippen molar-refractivity contribution < 1.29 is 23.8 Å². The number of aromatic nitrogens is 1. The fraction of sp³-hybridized carbons (Fsp3) is 0.348. The lowest BCUT2D eigenvalue weighted by Crippen LogP contribution is -2.19. The maximum Gasteiger partial charge on any atom is 0.337 e. The summed E-state index contributed by atoms with van der Waals surface area (Å²) in [4.78, 5) is 29.5. The number of carbonyl (C=O) groups is 2. The lowest BCUT2D eigenvalue weighted by Gasteiger charge is -2.06. The van der Waals surface area contributed by atoms with E-state index in [0.29, 0.717) is 35.7 Å². The van der Waals surface area contributed by atoms with Gasteiger partial charge in [-0.25, -0.2) is 4.79 Å². The number of methoxy groups -OCH3 is 2. The minimum Gasteiger partial charge on any atom is -0.494 e. The first-order valence-electron chi connectivity index (χ1n) is 10.1. The van der Waals surface area contributed by atoms with Crippen LogP contribution in [0.1, 0.15) is 40.5 Å². The van der Waals surface area contributed by atoms with E-state index in [1.165, 1.54) is 18.4 Å². The average Bonchev–Trinajstić information content (AvgIpc) is 3.13. The summed E-state index contributed by atoms with van der Waals surface area (Å²) < 4.78 is 18.4. The van der Waals surface area contributed by atoms with E-state index < -0.39 is 5.97 Å². The van der Waals surface area contributed by atoms with E-state index in [1.54, 1.807) is 43.5 Å². The summed E-state index contributed by atoms with van der Waals surface area (Å²) in [5.74, 6) is -0.0158. The molecule has 0 spiro atoms. The number of hydrogen-bond acceptors (Lipinski definition) is 6. The third-order valence-corrected chi connectivity index (χ3v) is 5.73. The SMILES string of the molecule is CCCCOc1ccc(C(=O)N=c2sc3cc(C(=O)OC)ccc3n2CCOC)cc1. The summed E-state index contributed by atoms with van der Waals surface area (Å²) >= 11 is 1.34. The predicted octanol–water partition coefficient (Wildman–Crippen LogP) is 4.06. The first-order valence-corrected chi connectivity index (χ1v) is 10.9. The van der Waals surface area contributed by atoms with Gasteiger partial charge in [-0.3, -0.25) is 4.79 Å². The topological polar surface area (TPSA) is 79.1 Å². The van der Waals surface area contributed by atoms with Gasteiger partial charge in [0.25, 0.3) is 5.91 Å². The van der Waals surface area contributed by atoms with Crippen LogP contribution in [0, 0.1) is 0 Å². The van der Waals surface area contributed by atoms with Crippen molar-refractivity contribution in [3.63, 3.8) is 0 Å². The molecule has 0 saturated heterocycles. The Morgan fingerprint density at radius 1 is 1.03 bits per heavy atom. The van der Waals surface area contributed by atoms with E-state index >= 15 is 0 Å². The first-order chi connectivity index (χ1) is 15.1. The number of nitrogens with zero attached hydrogens (tertiary/aromatic N) is 2. The lowest BCUT2D eigenvalue weighted by molar-refractivity contribution is 0.0600. The van der Waals surface area contributed by atoms with Gasteiger partial charge in [-0.15, -0.1) is 0 Å². The summed E-state index contributed by atoms with van der Waals surface area (Å²) in [6.07, 6.45) is 2.05. The number of amides is 1. The highest BCUT2D eigenvalue weighted by molar-refractivity contribution is 7.16. The summed E-state index contributed by atoms with van der Waals surface area (Å²) in [6.45, 7) is 3.76. The van der Waals surface area contributed by atoms with Crippen LogP contribution in [0.4, 0.5) is 0 Å². The van der Waals surface area contributed by atoms with Gasteiger partial charge >= 0.3 is 5.97 Å². The van der Waals surface area contributed by atoms with Gasteiger partial charge in [-0.1, -0.05) is 24.7 Å². The summed E-state index contributed by atoms with van der Waals surface area (Å²) in [5, 5.41) is 0. The van der Waals surface area contributed by atoms with Gasteiger partial charge in [-0.2, -0.15) is 4.99 Å². The monoisotopic (exact) mass is 442 g/mol. The molecular weight excluding hydrogens is 416 g/mol. The molecule has 0 radical (unpaired) electrons. The lowest BCUT2D eigenvalue weighted by atomic mass is 10.2. The Balaban J connectivity index is 1.93. The minimum absolute atomic E-state index is 0.342. The van der Waals surface area contributed by atoms with E-state index in [2.05, 4.69) is 11.9 Å². The smallest absolute Gasteiger partial charge is 0.337 e. The molecule has 0 aliphatic heterocycles. The number of rotatable bonds is 9. The van der Waals surface area contributed by atoms with Crippen LogP contribution >= 0.6 is 11.3 Å². The molecule has 0 unspecified atom stereocenters. The number of esters is 1. The number of fused-ring (bicyclic) bond motifs is 1. The van der Waals surface area contributed by atoms with Gasteiger partial charge in [0.1, 0.15) is 5.75 Å². The maximum absolute atomic E-state index is 12.8. The molecule has 3 rings (SSSR count). The van der Waals surface area contributed by atoms with E-state index in [1.807, 2.05) is 10.6 Å². The summed E-state index contributed by atoms with van der Waals surface area (Å²) in [5.41, 5.74) is 1.81. The van der Waals surface area contributed by atoms with Gasteiger partial charge in [0.2, 0.25) is 0 Å². The Bertz CT molecular complexity index is 1120. The van der Waals surface area contributed by atoms with Crippen molar-refractivity contribution in [3.05, 3.63) is 58.4 Å². The molecule has 7 nitrogen and oxygen atoms in total. The van der Waals surface area contributed by atoms with Crippen molar-refractivity contribution in [2.24, 2.45) is 4.99 Å². The Labute approximate surface area is 184 Å². The van der Waals surface area contributed by atoms with Crippen LogP contribution in [0.3, 0.4) is 0 Å². The number of hydrogen-bond donors (Lipinski definition) is 0. The second-order valence-corrected chi connectivity index (χ2v) is 7.86. The van der Waals surface area contributed by atoms with Crippen LogP contribution in [-0.2, 0) is 16.0 Å². The molecule has 0 aliphatic carbocycles. The van der Waals surface area contributed by atoms with Crippen LogP contribution in [0.5, 0.6) is 5.75 Å². The van der Waals surface area contributed by atoms with E-state index in [4.69, 9.17) is 14.2 Å². The highest BCUT2D eigenvalue weighted by Crippen LogP contribution is 2.20. The molecule has 0 fully saturated rings. The number of benzene rings is 2. The summed E-state index contributed by atoms with van der Waals surface area (Å²) in [6, 6.07) is 12.3. The van der Waals surface area contributed by atoms with Crippen molar-refractivity contribution >= 4 is 33.4 Å². The molecule has 8 heteroatoms. The zero-order valence-electron chi connectivity index (χ0n) is 17.9. The molecule has 1 amide bonds. The van der Waals surface area contributed by atoms with Gasteiger partial charge < -0.3 is 18.8 Å². The Hall–Kier alpha value is -2.97. The number of ether oxygens (including phenoxy) is 3. The maximum atomic E-state index is 12.8. The van der Waals surface area contributed by atoms with Crippen molar-refractivity contribution in [2.45, 2.75) is 26.3 Å².